The van der Waals surface area contributed by atoms with E-state index >= 15 is 0 Å². The fourth-order valence-corrected chi connectivity index (χ4v) is 4.62. The van der Waals surface area contributed by atoms with Crippen LogP contribution in [0.4, 0.5) is 0 Å². The molecule has 0 aromatic heterocycles. The number of aliphatic hydroxyl groups is 1. The van der Waals surface area contributed by atoms with Gasteiger partial charge in [0, 0.05) is 6.61 Å². The van der Waals surface area contributed by atoms with Gasteiger partial charge < -0.3 is 10.2 Å². The summed E-state index contributed by atoms with van der Waals surface area (Å²) in [6.07, 6.45) is 4.27. The number of carboxylic acids is 1. The van der Waals surface area contributed by atoms with E-state index in [2.05, 4.69) is 0 Å². The molecule has 6 unspecified atom stereocenters. The summed E-state index contributed by atoms with van der Waals surface area (Å²) in [5.74, 6) is 2.22. The molecule has 2 bridgehead atoms. The third kappa shape index (κ3) is 1.25. The van der Waals surface area contributed by atoms with Crippen molar-refractivity contribution in [3.8, 4) is 0 Å². The normalized spacial score (nSPS) is 52.1. The number of rotatable bonds is 2. The minimum Gasteiger partial charge on any atom is -0.481 e. The summed E-state index contributed by atoms with van der Waals surface area (Å²) in [5.41, 5.74) is 0. The molecular formula is C12H18O3. The van der Waals surface area contributed by atoms with Crippen LogP contribution < -0.4 is 0 Å². The molecule has 0 aliphatic heterocycles. The highest BCUT2D eigenvalue weighted by atomic mass is 16.4. The number of carboxylic acid groups (broad SMARTS) is 1. The average Bonchev–Trinajstić information content (AvgIpc) is 2.87. The lowest BCUT2D eigenvalue weighted by Gasteiger charge is -2.28. The van der Waals surface area contributed by atoms with Gasteiger partial charge in [0.05, 0.1) is 5.92 Å². The number of hydrogen-bond donors (Lipinski definition) is 2. The van der Waals surface area contributed by atoms with Crippen LogP contribution in [0.5, 0.6) is 0 Å². The van der Waals surface area contributed by atoms with Crippen LogP contribution in [-0.2, 0) is 4.79 Å². The van der Waals surface area contributed by atoms with Crippen molar-refractivity contribution in [3.63, 3.8) is 0 Å². The van der Waals surface area contributed by atoms with E-state index in [1.807, 2.05) is 0 Å². The van der Waals surface area contributed by atoms with E-state index in [0.717, 1.165) is 31.6 Å². The summed E-state index contributed by atoms with van der Waals surface area (Å²) in [6.45, 7) is 0.296. The van der Waals surface area contributed by atoms with Gasteiger partial charge >= 0.3 is 5.97 Å². The molecule has 6 atom stereocenters. The molecule has 3 heteroatoms. The minimum absolute atomic E-state index is 0.0753. The van der Waals surface area contributed by atoms with E-state index < -0.39 is 5.97 Å². The van der Waals surface area contributed by atoms with Crippen LogP contribution in [0.3, 0.4) is 0 Å². The zero-order chi connectivity index (χ0) is 10.6. The first-order chi connectivity index (χ1) is 7.20. The Balaban J connectivity index is 1.78. The number of aliphatic hydroxyl groups excluding tert-OH is 1. The predicted molar refractivity (Wildman–Crippen MR) is 54.1 cm³/mol. The zero-order valence-corrected chi connectivity index (χ0v) is 8.80. The van der Waals surface area contributed by atoms with Crippen LogP contribution in [0.25, 0.3) is 0 Å². The van der Waals surface area contributed by atoms with Crippen LogP contribution >= 0.6 is 0 Å². The van der Waals surface area contributed by atoms with Crippen LogP contribution in [-0.4, -0.2) is 22.8 Å². The number of carbonyl (C=O) groups is 1. The van der Waals surface area contributed by atoms with Gasteiger partial charge in [0.25, 0.3) is 0 Å². The van der Waals surface area contributed by atoms with Crippen molar-refractivity contribution >= 4 is 5.97 Å². The molecule has 0 spiro atoms. The SMILES string of the molecule is O=C(O)C1CC2CC1C1CC(CO)CC21. The Morgan fingerprint density at radius 1 is 1.07 bits per heavy atom. The number of aliphatic carboxylic acids is 1. The second-order valence-corrected chi connectivity index (χ2v) is 5.69. The maximum atomic E-state index is 11.1. The number of hydrogen-bond acceptors (Lipinski definition) is 2. The lowest BCUT2D eigenvalue weighted by atomic mass is 9.76. The van der Waals surface area contributed by atoms with Crippen molar-refractivity contribution in [1.82, 2.24) is 0 Å². The molecule has 84 valence electrons. The predicted octanol–water partition coefficient (Wildman–Crippen LogP) is 1.36. The highest BCUT2D eigenvalue weighted by Gasteiger charge is 2.57. The van der Waals surface area contributed by atoms with Crippen LogP contribution in [0.15, 0.2) is 0 Å². The quantitative estimate of drug-likeness (QED) is 0.723. The van der Waals surface area contributed by atoms with Crippen molar-refractivity contribution in [2.24, 2.45) is 35.5 Å². The summed E-state index contributed by atoms with van der Waals surface area (Å²) in [6, 6.07) is 0. The summed E-state index contributed by atoms with van der Waals surface area (Å²) >= 11 is 0. The largest absolute Gasteiger partial charge is 0.481 e. The Morgan fingerprint density at radius 2 is 1.80 bits per heavy atom. The molecule has 0 aromatic carbocycles. The van der Waals surface area contributed by atoms with E-state index in [1.165, 1.54) is 0 Å². The van der Waals surface area contributed by atoms with Gasteiger partial charge in [-0.3, -0.25) is 4.79 Å². The molecular weight excluding hydrogens is 192 g/mol. The number of fused-ring (bicyclic) bond motifs is 5. The topological polar surface area (TPSA) is 57.5 Å². The molecule has 3 nitrogen and oxygen atoms in total. The molecule has 3 fully saturated rings. The molecule has 3 aliphatic rings. The smallest absolute Gasteiger partial charge is 0.306 e. The van der Waals surface area contributed by atoms with Gasteiger partial charge in [-0.25, -0.2) is 0 Å². The molecule has 0 aromatic rings. The maximum absolute atomic E-state index is 11.1. The first kappa shape index (κ1) is 9.64. The highest BCUT2D eigenvalue weighted by molar-refractivity contribution is 5.71. The van der Waals surface area contributed by atoms with Crippen LogP contribution in [0.2, 0.25) is 0 Å². The first-order valence-corrected chi connectivity index (χ1v) is 6.04. The Labute approximate surface area is 89.5 Å². The monoisotopic (exact) mass is 210 g/mol. The van der Waals surface area contributed by atoms with Gasteiger partial charge in [-0.05, 0) is 55.3 Å². The van der Waals surface area contributed by atoms with Crippen molar-refractivity contribution in [2.45, 2.75) is 25.7 Å². The maximum Gasteiger partial charge on any atom is 0.306 e. The fourth-order valence-electron chi connectivity index (χ4n) is 4.62. The lowest BCUT2D eigenvalue weighted by Crippen LogP contribution is -2.29. The Kier molecular flexibility index (Phi) is 2.06. The lowest BCUT2D eigenvalue weighted by molar-refractivity contribution is -0.144. The second-order valence-electron chi connectivity index (χ2n) is 5.69. The minimum atomic E-state index is -0.589. The third-order valence-corrected chi connectivity index (χ3v) is 5.14. The van der Waals surface area contributed by atoms with Gasteiger partial charge in [-0.2, -0.15) is 0 Å². The summed E-state index contributed by atoms with van der Waals surface area (Å²) < 4.78 is 0. The van der Waals surface area contributed by atoms with E-state index in [9.17, 15) is 9.90 Å². The summed E-state index contributed by atoms with van der Waals surface area (Å²) in [4.78, 5) is 11.1. The first-order valence-electron chi connectivity index (χ1n) is 6.04. The van der Waals surface area contributed by atoms with Gasteiger partial charge in [0.15, 0.2) is 0 Å². The molecule has 0 saturated heterocycles. The van der Waals surface area contributed by atoms with Crippen molar-refractivity contribution in [2.75, 3.05) is 6.61 Å². The van der Waals surface area contributed by atoms with Crippen LogP contribution in [0.1, 0.15) is 25.7 Å². The molecule has 0 heterocycles. The Hall–Kier alpha value is -0.570. The summed E-state index contributed by atoms with van der Waals surface area (Å²) in [7, 11) is 0. The summed E-state index contributed by atoms with van der Waals surface area (Å²) in [5, 5.41) is 18.3. The molecule has 0 radical (unpaired) electrons. The second kappa shape index (κ2) is 3.21. The van der Waals surface area contributed by atoms with Gasteiger partial charge in [0.1, 0.15) is 0 Å². The van der Waals surface area contributed by atoms with Gasteiger partial charge in [0.2, 0.25) is 0 Å². The molecule has 0 amide bonds. The highest BCUT2D eigenvalue weighted by Crippen LogP contribution is 2.62. The van der Waals surface area contributed by atoms with Gasteiger partial charge in [-0.1, -0.05) is 0 Å². The molecule has 3 rings (SSSR count). The zero-order valence-electron chi connectivity index (χ0n) is 8.80. The molecule has 3 aliphatic carbocycles. The van der Waals surface area contributed by atoms with Crippen molar-refractivity contribution in [3.05, 3.63) is 0 Å². The average molecular weight is 210 g/mol. The fraction of sp³-hybridized carbons (Fsp3) is 0.917. The van der Waals surface area contributed by atoms with E-state index in [0.29, 0.717) is 30.3 Å². The van der Waals surface area contributed by atoms with Crippen molar-refractivity contribution < 1.29 is 15.0 Å². The third-order valence-electron chi connectivity index (χ3n) is 5.14. The molecule has 3 saturated carbocycles. The van der Waals surface area contributed by atoms with Crippen LogP contribution in [0, 0.1) is 35.5 Å². The molecule has 15 heavy (non-hydrogen) atoms. The van der Waals surface area contributed by atoms with Crippen molar-refractivity contribution in [1.29, 1.82) is 0 Å². The Morgan fingerprint density at radius 3 is 2.47 bits per heavy atom. The van der Waals surface area contributed by atoms with E-state index in [1.54, 1.807) is 0 Å². The van der Waals surface area contributed by atoms with Gasteiger partial charge in [-0.15, -0.1) is 0 Å². The Bertz CT molecular complexity index is 289. The standard InChI is InChI=1S/C12H18O3/c13-5-6-1-8-7-3-10(9(8)2-6)11(4-7)12(14)15/h6-11,13H,1-5H2,(H,14,15). The van der Waals surface area contributed by atoms with E-state index in [4.69, 9.17) is 5.11 Å². The molecule has 2 N–H and O–H groups in total. The van der Waals surface area contributed by atoms with E-state index in [-0.39, 0.29) is 5.92 Å².